The van der Waals surface area contributed by atoms with Crippen LogP contribution in [0.5, 0.6) is 0 Å². The number of amides is 1. The van der Waals surface area contributed by atoms with E-state index in [9.17, 15) is 9.90 Å². The standard InChI is InChI=1S/C12H21NO3/c14-8-11-9-16-6-5-13(11)12(15)7-10-3-1-2-4-10/h10-11,14H,1-9H2. The van der Waals surface area contributed by atoms with Gasteiger partial charge in [0.05, 0.1) is 25.9 Å². The maximum Gasteiger partial charge on any atom is 0.223 e. The van der Waals surface area contributed by atoms with Crippen molar-refractivity contribution in [2.75, 3.05) is 26.4 Å². The average molecular weight is 227 g/mol. The molecule has 4 heteroatoms. The second-order valence-corrected chi connectivity index (χ2v) is 4.85. The summed E-state index contributed by atoms with van der Waals surface area (Å²) in [6.45, 7) is 1.73. The Bertz CT molecular complexity index is 238. The van der Waals surface area contributed by atoms with Crippen molar-refractivity contribution in [1.82, 2.24) is 4.90 Å². The summed E-state index contributed by atoms with van der Waals surface area (Å²) in [4.78, 5) is 13.9. The van der Waals surface area contributed by atoms with Gasteiger partial charge < -0.3 is 14.7 Å². The third-order valence-corrected chi connectivity index (χ3v) is 3.70. The van der Waals surface area contributed by atoms with E-state index in [0.29, 0.717) is 32.1 Å². The Morgan fingerprint density at radius 2 is 2.12 bits per heavy atom. The third kappa shape index (κ3) is 2.74. The minimum absolute atomic E-state index is 0.0103. The highest BCUT2D eigenvalue weighted by Gasteiger charge is 2.28. The summed E-state index contributed by atoms with van der Waals surface area (Å²) >= 11 is 0. The molecule has 1 amide bonds. The van der Waals surface area contributed by atoms with E-state index in [4.69, 9.17) is 4.74 Å². The van der Waals surface area contributed by atoms with Crippen molar-refractivity contribution in [3.63, 3.8) is 0 Å². The zero-order valence-electron chi connectivity index (χ0n) is 9.73. The molecule has 0 bridgehead atoms. The number of aliphatic hydroxyl groups excluding tert-OH is 1. The monoisotopic (exact) mass is 227 g/mol. The molecule has 1 saturated heterocycles. The van der Waals surface area contributed by atoms with E-state index in [2.05, 4.69) is 0 Å². The van der Waals surface area contributed by atoms with Crippen molar-refractivity contribution < 1.29 is 14.6 Å². The maximum atomic E-state index is 12.1. The van der Waals surface area contributed by atoms with E-state index in [1.165, 1.54) is 25.7 Å². The van der Waals surface area contributed by atoms with E-state index in [-0.39, 0.29) is 18.6 Å². The van der Waals surface area contributed by atoms with Gasteiger partial charge in [-0.05, 0) is 18.8 Å². The molecule has 0 aromatic heterocycles. The summed E-state index contributed by atoms with van der Waals surface area (Å²) in [7, 11) is 0. The fourth-order valence-electron chi connectivity index (χ4n) is 2.71. The molecule has 1 aliphatic carbocycles. The molecule has 92 valence electrons. The summed E-state index contributed by atoms with van der Waals surface area (Å²) in [6.07, 6.45) is 5.59. The number of hydrogen-bond acceptors (Lipinski definition) is 3. The van der Waals surface area contributed by atoms with Gasteiger partial charge in [-0.2, -0.15) is 0 Å². The quantitative estimate of drug-likeness (QED) is 0.775. The molecule has 1 N–H and O–H groups in total. The molecule has 1 unspecified atom stereocenters. The zero-order chi connectivity index (χ0) is 11.4. The minimum atomic E-state index is -0.123. The van der Waals surface area contributed by atoms with E-state index in [1.54, 1.807) is 0 Å². The van der Waals surface area contributed by atoms with Gasteiger partial charge in [0.25, 0.3) is 0 Å². The molecule has 0 radical (unpaired) electrons. The molecule has 16 heavy (non-hydrogen) atoms. The SMILES string of the molecule is O=C(CC1CCCC1)N1CCOCC1CO. The van der Waals surface area contributed by atoms with Crippen LogP contribution in [0.25, 0.3) is 0 Å². The van der Waals surface area contributed by atoms with Crippen LogP contribution in [-0.2, 0) is 9.53 Å². The Morgan fingerprint density at radius 1 is 1.38 bits per heavy atom. The van der Waals surface area contributed by atoms with E-state index >= 15 is 0 Å². The first-order chi connectivity index (χ1) is 7.81. The number of ether oxygens (including phenoxy) is 1. The van der Waals surface area contributed by atoms with Crippen molar-refractivity contribution in [2.45, 2.75) is 38.1 Å². The second-order valence-electron chi connectivity index (χ2n) is 4.85. The number of morpholine rings is 1. The van der Waals surface area contributed by atoms with Gasteiger partial charge in [0.1, 0.15) is 0 Å². The van der Waals surface area contributed by atoms with Crippen LogP contribution >= 0.6 is 0 Å². The Hall–Kier alpha value is -0.610. The molecule has 2 rings (SSSR count). The predicted molar refractivity (Wildman–Crippen MR) is 60.0 cm³/mol. The summed E-state index contributed by atoms with van der Waals surface area (Å²) in [6, 6.07) is -0.123. The Kier molecular flexibility index (Phi) is 4.18. The van der Waals surface area contributed by atoms with Crippen LogP contribution in [0.15, 0.2) is 0 Å². The lowest BCUT2D eigenvalue weighted by molar-refractivity contribution is -0.142. The van der Waals surface area contributed by atoms with Crippen molar-refractivity contribution >= 4 is 5.91 Å². The molecule has 0 spiro atoms. The molecular formula is C12H21NO3. The lowest BCUT2D eigenvalue weighted by Crippen LogP contribution is -2.50. The second kappa shape index (κ2) is 5.64. The first-order valence-corrected chi connectivity index (χ1v) is 6.29. The molecule has 4 nitrogen and oxygen atoms in total. The lowest BCUT2D eigenvalue weighted by Gasteiger charge is -2.35. The van der Waals surface area contributed by atoms with Gasteiger partial charge in [0, 0.05) is 13.0 Å². The van der Waals surface area contributed by atoms with Crippen LogP contribution in [0.3, 0.4) is 0 Å². The highest BCUT2D eigenvalue weighted by molar-refractivity contribution is 5.77. The summed E-state index contributed by atoms with van der Waals surface area (Å²) < 4.78 is 5.27. The molecule has 1 atom stereocenters. The Labute approximate surface area is 96.6 Å². The van der Waals surface area contributed by atoms with E-state index < -0.39 is 0 Å². The third-order valence-electron chi connectivity index (χ3n) is 3.70. The highest BCUT2D eigenvalue weighted by atomic mass is 16.5. The van der Waals surface area contributed by atoms with Gasteiger partial charge in [0.2, 0.25) is 5.91 Å². The van der Waals surface area contributed by atoms with Crippen LogP contribution in [0.1, 0.15) is 32.1 Å². The van der Waals surface area contributed by atoms with Crippen LogP contribution in [0, 0.1) is 5.92 Å². The van der Waals surface area contributed by atoms with Crippen LogP contribution in [-0.4, -0.2) is 48.3 Å². The Balaban J connectivity index is 1.86. The maximum absolute atomic E-state index is 12.1. The first kappa shape index (κ1) is 11.9. The zero-order valence-corrected chi connectivity index (χ0v) is 9.73. The van der Waals surface area contributed by atoms with Crippen molar-refractivity contribution in [3.05, 3.63) is 0 Å². The number of hydrogen-bond donors (Lipinski definition) is 1. The molecule has 1 saturated carbocycles. The van der Waals surface area contributed by atoms with E-state index in [1.807, 2.05) is 4.90 Å². The van der Waals surface area contributed by atoms with Gasteiger partial charge >= 0.3 is 0 Å². The van der Waals surface area contributed by atoms with Crippen LogP contribution in [0.4, 0.5) is 0 Å². The van der Waals surface area contributed by atoms with Gasteiger partial charge in [-0.15, -0.1) is 0 Å². The molecule has 0 aromatic rings. The van der Waals surface area contributed by atoms with Gasteiger partial charge in [-0.3, -0.25) is 4.79 Å². The number of aliphatic hydroxyl groups is 1. The molecule has 1 heterocycles. The van der Waals surface area contributed by atoms with Gasteiger partial charge in [-0.25, -0.2) is 0 Å². The molecule has 2 aliphatic rings. The number of carbonyl (C=O) groups is 1. The summed E-state index contributed by atoms with van der Waals surface area (Å²) in [5, 5.41) is 9.20. The smallest absolute Gasteiger partial charge is 0.223 e. The molecule has 0 aromatic carbocycles. The Morgan fingerprint density at radius 3 is 2.81 bits per heavy atom. The first-order valence-electron chi connectivity index (χ1n) is 6.29. The predicted octanol–water partition coefficient (Wildman–Crippen LogP) is 0.786. The number of carbonyl (C=O) groups excluding carboxylic acids is 1. The molecular weight excluding hydrogens is 206 g/mol. The van der Waals surface area contributed by atoms with Crippen molar-refractivity contribution in [1.29, 1.82) is 0 Å². The summed E-state index contributed by atoms with van der Waals surface area (Å²) in [5.41, 5.74) is 0. The lowest BCUT2D eigenvalue weighted by atomic mass is 10.0. The molecule has 1 aliphatic heterocycles. The van der Waals surface area contributed by atoms with Crippen molar-refractivity contribution in [3.8, 4) is 0 Å². The fourth-order valence-corrected chi connectivity index (χ4v) is 2.71. The van der Waals surface area contributed by atoms with Gasteiger partial charge in [-0.1, -0.05) is 12.8 Å². The van der Waals surface area contributed by atoms with E-state index in [0.717, 1.165) is 0 Å². The normalized spacial score (nSPS) is 27.3. The fraction of sp³-hybridized carbons (Fsp3) is 0.917. The van der Waals surface area contributed by atoms with Crippen molar-refractivity contribution in [2.24, 2.45) is 5.92 Å². The van der Waals surface area contributed by atoms with Crippen LogP contribution < -0.4 is 0 Å². The highest BCUT2D eigenvalue weighted by Crippen LogP contribution is 2.28. The van der Waals surface area contributed by atoms with Gasteiger partial charge in [0.15, 0.2) is 0 Å². The summed E-state index contributed by atoms with van der Waals surface area (Å²) in [5.74, 6) is 0.781. The average Bonchev–Trinajstić information content (AvgIpc) is 2.81. The van der Waals surface area contributed by atoms with Crippen LogP contribution in [0.2, 0.25) is 0 Å². The number of nitrogens with zero attached hydrogens (tertiary/aromatic N) is 1. The topological polar surface area (TPSA) is 49.8 Å². The molecule has 2 fully saturated rings. The number of rotatable bonds is 3. The minimum Gasteiger partial charge on any atom is -0.394 e. The largest absolute Gasteiger partial charge is 0.394 e.